The largest absolute Gasteiger partial charge is 0.253 e. The Kier molecular flexibility index (Phi) is 5.33. The minimum atomic E-state index is 0.501. The molecule has 0 fully saturated rings. The van der Waals surface area contributed by atoms with Gasteiger partial charge >= 0.3 is 0 Å². The van der Waals surface area contributed by atoms with Crippen LogP contribution in [-0.4, -0.2) is 5.71 Å². The molecule has 0 heterocycles. The summed E-state index contributed by atoms with van der Waals surface area (Å²) in [5.41, 5.74) is 4.90. The van der Waals surface area contributed by atoms with E-state index in [0.29, 0.717) is 11.8 Å². The fourth-order valence-electron chi connectivity index (χ4n) is 2.10. The van der Waals surface area contributed by atoms with Crippen LogP contribution in [0.4, 0.5) is 5.69 Å². The third-order valence-corrected chi connectivity index (χ3v) is 3.04. The van der Waals surface area contributed by atoms with E-state index >= 15 is 0 Å². The Morgan fingerprint density at radius 2 is 1.56 bits per heavy atom. The predicted molar refractivity (Wildman–Crippen MR) is 82.2 cm³/mol. The lowest BCUT2D eigenvalue weighted by molar-refractivity contribution is 0.834. The molecule has 0 spiro atoms. The summed E-state index contributed by atoms with van der Waals surface area (Å²) in [6, 6.07) is 6.53. The molecular formula is C17H25N. The van der Waals surface area contributed by atoms with Crippen LogP contribution in [-0.2, 0) is 0 Å². The minimum absolute atomic E-state index is 0.501. The molecule has 0 radical (unpaired) electrons. The van der Waals surface area contributed by atoms with E-state index in [4.69, 9.17) is 4.99 Å². The van der Waals surface area contributed by atoms with Crippen molar-refractivity contribution in [3.8, 4) is 0 Å². The smallest absolute Gasteiger partial charge is 0.0701 e. The Labute approximate surface area is 112 Å². The molecular weight excluding hydrogens is 218 g/mol. The summed E-state index contributed by atoms with van der Waals surface area (Å²) in [6.07, 6.45) is 4.09. The van der Waals surface area contributed by atoms with Crippen molar-refractivity contribution in [2.24, 2.45) is 4.99 Å². The average molecular weight is 243 g/mol. The molecule has 1 aromatic rings. The average Bonchev–Trinajstić information content (AvgIpc) is 2.28. The number of hydrogen-bond donors (Lipinski definition) is 0. The Morgan fingerprint density at radius 3 is 1.94 bits per heavy atom. The molecule has 98 valence electrons. The molecule has 18 heavy (non-hydrogen) atoms. The van der Waals surface area contributed by atoms with Gasteiger partial charge in [0.15, 0.2) is 0 Å². The Hall–Kier alpha value is -1.37. The van der Waals surface area contributed by atoms with Gasteiger partial charge in [-0.25, -0.2) is 0 Å². The summed E-state index contributed by atoms with van der Waals surface area (Å²) in [7, 11) is 0. The number of benzene rings is 1. The first kappa shape index (κ1) is 14.7. The van der Waals surface area contributed by atoms with Crippen molar-refractivity contribution >= 4 is 11.4 Å². The SMILES string of the molecule is C/C=C/C(C)=Nc1c(C(C)C)cccc1C(C)C. The van der Waals surface area contributed by atoms with Crippen molar-refractivity contribution in [1.29, 1.82) is 0 Å². The highest BCUT2D eigenvalue weighted by Crippen LogP contribution is 2.34. The second-order valence-corrected chi connectivity index (χ2v) is 5.35. The number of aliphatic imine (C=N–C) groups is 1. The first-order chi connectivity index (χ1) is 8.47. The van der Waals surface area contributed by atoms with Crippen LogP contribution in [0.15, 0.2) is 35.3 Å². The summed E-state index contributed by atoms with van der Waals surface area (Å²) in [5, 5.41) is 0. The molecule has 0 bridgehead atoms. The second-order valence-electron chi connectivity index (χ2n) is 5.35. The Balaban J connectivity index is 3.40. The maximum absolute atomic E-state index is 4.82. The summed E-state index contributed by atoms with van der Waals surface area (Å²) < 4.78 is 0. The van der Waals surface area contributed by atoms with Crippen LogP contribution in [0.25, 0.3) is 0 Å². The van der Waals surface area contributed by atoms with Crippen LogP contribution in [0.5, 0.6) is 0 Å². The molecule has 0 unspecified atom stereocenters. The highest BCUT2D eigenvalue weighted by atomic mass is 14.8. The van der Waals surface area contributed by atoms with Gasteiger partial charge in [-0.3, -0.25) is 4.99 Å². The molecule has 0 aromatic heterocycles. The topological polar surface area (TPSA) is 12.4 Å². The maximum Gasteiger partial charge on any atom is 0.0701 e. The van der Waals surface area contributed by atoms with Gasteiger partial charge in [0.05, 0.1) is 5.69 Å². The molecule has 0 aliphatic carbocycles. The Morgan fingerprint density at radius 1 is 1.06 bits per heavy atom. The van der Waals surface area contributed by atoms with Gasteiger partial charge in [0.25, 0.3) is 0 Å². The van der Waals surface area contributed by atoms with Crippen LogP contribution < -0.4 is 0 Å². The number of nitrogens with zero attached hydrogens (tertiary/aromatic N) is 1. The third kappa shape index (κ3) is 3.56. The van der Waals surface area contributed by atoms with Crippen molar-refractivity contribution in [3.63, 3.8) is 0 Å². The standard InChI is InChI=1S/C17H25N/c1-7-9-14(6)18-17-15(12(2)3)10-8-11-16(17)13(4)5/h7-13H,1-6H3/b9-7+,18-14?. The van der Waals surface area contributed by atoms with Gasteiger partial charge in [-0.1, -0.05) is 52.0 Å². The summed E-state index contributed by atoms with van der Waals surface area (Å²) in [6.45, 7) is 13.0. The lowest BCUT2D eigenvalue weighted by Gasteiger charge is -2.16. The lowest BCUT2D eigenvalue weighted by atomic mass is 9.93. The summed E-state index contributed by atoms with van der Waals surface area (Å²) >= 11 is 0. The molecule has 1 nitrogen and oxygen atoms in total. The fourth-order valence-corrected chi connectivity index (χ4v) is 2.10. The van der Waals surface area contributed by atoms with Crippen molar-refractivity contribution in [3.05, 3.63) is 41.5 Å². The van der Waals surface area contributed by atoms with Gasteiger partial charge in [-0.2, -0.15) is 0 Å². The number of hydrogen-bond acceptors (Lipinski definition) is 1. The van der Waals surface area contributed by atoms with Gasteiger partial charge in [0.2, 0.25) is 0 Å². The second kappa shape index (κ2) is 6.53. The van der Waals surface area contributed by atoms with Crippen LogP contribution >= 0.6 is 0 Å². The van der Waals surface area contributed by atoms with E-state index < -0.39 is 0 Å². The van der Waals surface area contributed by atoms with Crippen molar-refractivity contribution in [1.82, 2.24) is 0 Å². The van der Waals surface area contributed by atoms with E-state index in [2.05, 4.69) is 58.9 Å². The molecule has 1 rings (SSSR count). The van der Waals surface area contributed by atoms with Crippen LogP contribution in [0.1, 0.15) is 64.5 Å². The van der Waals surface area contributed by atoms with E-state index in [0.717, 1.165) is 11.4 Å². The van der Waals surface area contributed by atoms with Crippen LogP contribution in [0.2, 0.25) is 0 Å². The molecule has 0 aliphatic rings. The predicted octanol–water partition coefficient (Wildman–Crippen LogP) is 5.60. The molecule has 0 atom stereocenters. The molecule has 1 aromatic carbocycles. The van der Waals surface area contributed by atoms with Crippen molar-refractivity contribution in [2.75, 3.05) is 0 Å². The van der Waals surface area contributed by atoms with E-state index in [1.54, 1.807) is 0 Å². The number of para-hydroxylation sites is 1. The molecule has 1 heteroatoms. The normalized spacial score (nSPS) is 13.0. The summed E-state index contributed by atoms with van der Waals surface area (Å²) in [5.74, 6) is 1.00. The quantitative estimate of drug-likeness (QED) is 0.610. The van der Waals surface area contributed by atoms with Gasteiger partial charge in [0.1, 0.15) is 0 Å². The van der Waals surface area contributed by atoms with Crippen LogP contribution in [0.3, 0.4) is 0 Å². The van der Waals surface area contributed by atoms with Gasteiger partial charge in [0, 0.05) is 5.71 Å². The zero-order chi connectivity index (χ0) is 13.7. The first-order valence-corrected chi connectivity index (χ1v) is 6.78. The molecule has 0 aliphatic heterocycles. The van der Waals surface area contributed by atoms with E-state index in [-0.39, 0.29) is 0 Å². The lowest BCUT2D eigenvalue weighted by Crippen LogP contribution is -1.97. The van der Waals surface area contributed by atoms with E-state index in [1.807, 2.05) is 13.0 Å². The van der Waals surface area contributed by atoms with Crippen molar-refractivity contribution in [2.45, 2.75) is 53.4 Å². The molecule has 0 N–H and O–H groups in total. The molecule has 0 saturated carbocycles. The highest BCUT2D eigenvalue weighted by Gasteiger charge is 2.12. The van der Waals surface area contributed by atoms with Gasteiger partial charge in [-0.15, -0.1) is 0 Å². The Bertz CT molecular complexity index is 424. The van der Waals surface area contributed by atoms with Crippen LogP contribution in [0, 0.1) is 0 Å². The third-order valence-electron chi connectivity index (χ3n) is 3.04. The van der Waals surface area contributed by atoms with E-state index in [9.17, 15) is 0 Å². The molecule has 0 amide bonds. The monoisotopic (exact) mass is 243 g/mol. The highest BCUT2D eigenvalue weighted by molar-refractivity contribution is 5.95. The zero-order valence-corrected chi connectivity index (χ0v) is 12.5. The maximum atomic E-state index is 4.82. The first-order valence-electron chi connectivity index (χ1n) is 6.78. The van der Waals surface area contributed by atoms with Gasteiger partial charge in [-0.05, 0) is 42.9 Å². The zero-order valence-electron chi connectivity index (χ0n) is 12.5. The summed E-state index contributed by atoms with van der Waals surface area (Å²) in [4.78, 5) is 4.82. The number of allylic oxidation sites excluding steroid dienone is 2. The number of rotatable bonds is 4. The molecule has 0 saturated heterocycles. The van der Waals surface area contributed by atoms with E-state index in [1.165, 1.54) is 11.1 Å². The fraction of sp³-hybridized carbons (Fsp3) is 0.471. The van der Waals surface area contributed by atoms with Crippen molar-refractivity contribution < 1.29 is 0 Å². The van der Waals surface area contributed by atoms with Gasteiger partial charge < -0.3 is 0 Å². The minimum Gasteiger partial charge on any atom is -0.253 e.